The minimum Gasteiger partial charge on any atom is -0.507 e. The van der Waals surface area contributed by atoms with Crippen LogP contribution in [-0.2, 0) is 11.3 Å². The smallest absolute Gasteiger partial charge is 0.122 e. The lowest BCUT2D eigenvalue weighted by molar-refractivity contribution is -0.0470. The summed E-state index contributed by atoms with van der Waals surface area (Å²) in [5.74, 6) is 0.407. The zero-order chi connectivity index (χ0) is 13.9. The molecule has 2 heterocycles. The molecule has 2 unspecified atom stereocenters. The number of aromatic hydroxyl groups is 1. The van der Waals surface area contributed by atoms with E-state index in [2.05, 4.69) is 10.2 Å². The van der Waals surface area contributed by atoms with E-state index in [9.17, 15) is 5.11 Å². The highest BCUT2D eigenvalue weighted by Gasteiger charge is 2.31. The number of benzene rings is 1. The molecular formula is C16H24N2O2. The Balaban J connectivity index is 1.47. The van der Waals surface area contributed by atoms with E-state index in [0.29, 0.717) is 18.3 Å². The molecule has 0 aromatic heterocycles. The van der Waals surface area contributed by atoms with Crippen molar-refractivity contribution in [3.8, 4) is 5.75 Å². The Labute approximate surface area is 120 Å². The summed E-state index contributed by atoms with van der Waals surface area (Å²) < 4.78 is 5.92. The molecule has 1 aromatic carbocycles. The van der Waals surface area contributed by atoms with Crippen LogP contribution in [0.2, 0.25) is 0 Å². The van der Waals surface area contributed by atoms with Crippen molar-refractivity contribution in [2.24, 2.45) is 0 Å². The maximum atomic E-state index is 9.98. The van der Waals surface area contributed by atoms with Crippen LogP contribution in [0.3, 0.4) is 0 Å². The van der Waals surface area contributed by atoms with Gasteiger partial charge in [-0.3, -0.25) is 4.90 Å². The van der Waals surface area contributed by atoms with Crippen LogP contribution < -0.4 is 5.32 Å². The predicted molar refractivity (Wildman–Crippen MR) is 78.9 cm³/mol. The van der Waals surface area contributed by atoms with Crippen molar-refractivity contribution in [2.75, 3.05) is 26.2 Å². The molecule has 4 heteroatoms. The largest absolute Gasteiger partial charge is 0.507 e. The van der Waals surface area contributed by atoms with Crippen molar-refractivity contribution < 1.29 is 9.84 Å². The van der Waals surface area contributed by atoms with Gasteiger partial charge in [-0.15, -0.1) is 0 Å². The summed E-state index contributed by atoms with van der Waals surface area (Å²) in [5, 5.41) is 13.4. The second-order valence-electron chi connectivity index (χ2n) is 5.96. The number of aryl methyl sites for hydroxylation is 1. The number of hydrogen-bond acceptors (Lipinski definition) is 4. The Morgan fingerprint density at radius 2 is 2.35 bits per heavy atom. The van der Waals surface area contributed by atoms with E-state index in [1.807, 2.05) is 25.1 Å². The van der Waals surface area contributed by atoms with Crippen LogP contribution in [0.1, 0.15) is 24.0 Å². The van der Waals surface area contributed by atoms with E-state index >= 15 is 0 Å². The third-order valence-corrected chi connectivity index (χ3v) is 4.47. The molecule has 2 fully saturated rings. The normalized spacial score (nSPS) is 26.6. The van der Waals surface area contributed by atoms with Gasteiger partial charge < -0.3 is 15.2 Å². The molecule has 0 aliphatic carbocycles. The van der Waals surface area contributed by atoms with Crippen molar-refractivity contribution >= 4 is 0 Å². The molecule has 20 heavy (non-hydrogen) atoms. The van der Waals surface area contributed by atoms with Gasteiger partial charge in [0.15, 0.2) is 0 Å². The Morgan fingerprint density at radius 3 is 3.25 bits per heavy atom. The van der Waals surface area contributed by atoms with E-state index in [4.69, 9.17) is 4.74 Å². The van der Waals surface area contributed by atoms with Crippen LogP contribution in [0.25, 0.3) is 0 Å². The number of hydrogen-bond donors (Lipinski definition) is 2. The summed E-state index contributed by atoms with van der Waals surface area (Å²) >= 11 is 0. The quantitative estimate of drug-likeness (QED) is 0.878. The number of rotatable bonds is 4. The van der Waals surface area contributed by atoms with Gasteiger partial charge in [-0.05, 0) is 31.9 Å². The molecule has 110 valence electrons. The summed E-state index contributed by atoms with van der Waals surface area (Å²) in [4.78, 5) is 2.56. The van der Waals surface area contributed by atoms with Gasteiger partial charge in [-0.25, -0.2) is 0 Å². The Bertz CT molecular complexity index is 464. The second-order valence-corrected chi connectivity index (χ2v) is 5.96. The van der Waals surface area contributed by atoms with Gasteiger partial charge in [0, 0.05) is 31.2 Å². The summed E-state index contributed by atoms with van der Waals surface area (Å²) in [5.41, 5.74) is 1.89. The molecule has 4 nitrogen and oxygen atoms in total. The highest BCUT2D eigenvalue weighted by molar-refractivity contribution is 5.39. The molecule has 0 radical (unpaired) electrons. The molecule has 3 rings (SSSR count). The van der Waals surface area contributed by atoms with Crippen LogP contribution in [0, 0.1) is 6.92 Å². The summed E-state index contributed by atoms with van der Waals surface area (Å²) in [6.45, 7) is 6.60. The maximum absolute atomic E-state index is 9.98. The van der Waals surface area contributed by atoms with Crippen LogP contribution in [0.4, 0.5) is 0 Å². The molecule has 0 bridgehead atoms. The lowest BCUT2D eigenvalue weighted by Crippen LogP contribution is -2.49. The lowest BCUT2D eigenvalue weighted by atomic mass is 10.1. The lowest BCUT2D eigenvalue weighted by Gasteiger charge is -2.35. The van der Waals surface area contributed by atoms with Gasteiger partial charge in [-0.2, -0.15) is 0 Å². The first-order chi connectivity index (χ1) is 9.74. The molecule has 2 N–H and O–H groups in total. The first-order valence-corrected chi connectivity index (χ1v) is 7.58. The maximum Gasteiger partial charge on any atom is 0.122 e. The molecule has 0 amide bonds. The number of nitrogens with zero attached hydrogens (tertiary/aromatic N) is 1. The number of ether oxygens (including phenoxy) is 1. The van der Waals surface area contributed by atoms with Gasteiger partial charge in [0.25, 0.3) is 0 Å². The van der Waals surface area contributed by atoms with E-state index in [0.717, 1.165) is 30.8 Å². The number of nitrogens with one attached hydrogen (secondary N) is 1. The highest BCUT2D eigenvalue weighted by atomic mass is 16.5. The van der Waals surface area contributed by atoms with Gasteiger partial charge in [0.2, 0.25) is 0 Å². The third-order valence-electron chi connectivity index (χ3n) is 4.47. The molecular weight excluding hydrogens is 252 g/mol. The van der Waals surface area contributed by atoms with E-state index in [1.54, 1.807) is 0 Å². The van der Waals surface area contributed by atoms with Gasteiger partial charge in [-0.1, -0.05) is 18.2 Å². The summed E-state index contributed by atoms with van der Waals surface area (Å²) in [6.07, 6.45) is 2.87. The molecule has 2 aliphatic heterocycles. The van der Waals surface area contributed by atoms with Crippen LogP contribution in [0.15, 0.2) is 18.2 Å². The van der Waals surface area contributed by atoms with E-state index in [1.165, 1.54) is 19.4 Å². The van der Waals surface area contributed by atoms with Gasteiger partial charge >= 0.3 is 0 Å². The van der Waals surface area contributed by atoms with Crippen molar-refractivity contribution in [3.05, 3.63) is 29.3 Å². The highest BCUT2D eigenvalue weighted by Crippen LogP contribution is 2.23. The molecule has 0 spiro atoms. The summed E-state index contributed by atoms with van der Waals surface area (Å²) in [7, 11) is 0. The number of phenolic OH excluding ortho intramolecular Hbond substituents is 1. The zero-order valence-electron chi connectivity index (χ0n) is 12.1. The Kier molecular flexibility index (Phi) is 4.24. The Morgan fingerprint density at radius 1 is 1.45 bits per heavy atom. The van der Waals surface area contributed by atoms with Crippen molar-refractivity contribution in [1.29, 1.82) is 0 Å². The molecule has 2 atom stereocenters. The van der Waals surface area contributed by atoms with Crippen molar-refractivity contribution in [2.45, 2.75) is 38.5 Å². The fourth-order valence-corrected chi connectivity index (χ4v) is 3.24. The monoisotopic (exact) mass is 276 g/mol. The SMILES string of the molecule is Cc1cccc(CNCC2CN3CCCC3CO2)c1O. The molecule has 2 saturated heterocycles. The molecule has 2 aliphatic rings. The predicted octanol–water partition coefficient (Wildman–Crippen LogP) is 1.65. The summed E-state index contributed by atoms with van der Waals surface area (Å²) in [6, 6.07) is 6.54. The first-order valence-electron chi connectivity index (χ1n) is 7.58. The average molecular weight is 276 g/mol. The molecule has 0 saturated carbocycles. The second kappa shape index (κ2) is 6.12. The minimum absolute atomic E-state index is 0.274. The van der Waals surface area contributed by atoms with Crippen LogP contribution in [0.5, 0.6) is 5.75 Å². The Hall–Kier alpha value is -1.10. The minimum atomic E-state index is 0.274. The number of para-hydroxylation sites is 1. The van der Waals surface area contributed by atoms with E-state index < -0.39 is 0 Å². The van der Waals surface area contributed by atoms with Gasteiger partial charge in [0.05, 0.1) is 12.7 Å². The van der Waals surface area contributed by atoms with Crippen LogP contribution in [-0.4, -0.2) is 48.4 Å². The van der Waals surface area contributed by atoms with Crippen molar-refractivity contribution in [1.82, 2.24) is 10.2 Å². The van der Waals surface area contributed by atoms with E-state index in [-0.39, 0.29) is 6.10 Å². The fraction of sp³-hybridized carbons (Fsp3) is 0.625. The number of morpholine rings is 1. The van der Waals surface area contributed by atoms with Crippen molar-refractivity contribution in [3.63, 3.8) is 0 Å². The zero-order valence-corrected chi connectivity index (χ0v) is 12.1. The molecule has 1 aromatic rings. The average Bonchev–Trinajstić information content (AvgIpc) is 2.91. The van der Waals surface area contributed by atoms with Crippen LogP contribution >= 0.6 is 0 Å². The number of phenols is 1. The first kappa shape index (κ1) is 13.9. The standard InChI is InChI=1S/C16H24N2O2/c1-12-4-2-5-13(16(12)19)8-17-9-15-10-18-7-3-6-14(18)11-20-15/h2,4-5,14-15,17,19H,3,6-11H2,1H3. The number of fused-ring (bicyclic) bond motifs is 1. The third kappa shape index (κ3) is 2.97. The van der Waals surface area contributed by atoms with Gasteiger partial charge in [0.1, 0.15) is 5.75 Å². The topological polar surface area (TPSA) is 44.7 Å². The fourth-order valence-electron chi connectivity index (χ4n) is 3.24.